The van der Waals surface area contributed by atoms with E-state index in [1.165, 1.54) is 0 Å². The van der Waals surface area contributed by atoms with Crippen molar-refractivity contribution >= 4 is 25.8 Å². The van der Waals surface area contributed by atoms with E-state index in [0.29, 0.717) is 38.7 Å². The van der Waals surface area contributed by atoms with Crippen molar-refractivity contribution in [2.75, 3.05) is 49.3 Å². The summed E-state index contributed by atoms with van der Waals surface area (Å²) in [6, 6.07) is 21.3. The highest BCUT2D eigenvalue weighted by Gasteiger charge is 2.39. The van der Waals surface area contributed by atoms with Gasteiger partial charge in [-0.3, -0.25) is 4.90 Å². The molecule has 3 aromatic rings. The summed E-state index contributed by atoms with van der Waals surface area (Å²) in [5.41, 5.74) is 2.79. The van der Waals surface area contributed by atoms with Gasteiger partial charge in [0, 0.05) is 23.9 Å². The third-order valence-electron chi connectivity index (χ3n) is 7.94. The summed E-state index contributed by atoms with van der Waals surface area (Å²) in [7, 11) is -1.99. The van der Waals surface area contributed by atoms with Gasteiger partial charge in [-0.1, -0.05) is 32.9 Å². The second kappa shape index (κ2) is 12.0. The van der Waals surface area contributed by atoms with Crippen molar-refractivity contribution in [2.24, 2.45) is 0 Å². The number of fused-ring (bicyclic) bond motifs is 2. The zero-order valence-electron chi connectivity index (χ0n) is 24.6. The molecule has 218 valence electrons. The van der Waals surface area contributed by atoms with Gasteiger partial charge in [-0.2, -0.15) is 0 Å². The lowest BCUT2D eigenvalue weighted by Gasteiger charge is -2.36. The van der Waals surface area contributed by atoms with E-state index in [4.69, 9.17) is 23.4 Å². The van der Waals surface area contributed by atoms with Crippen molar-refractivity contribution < 1.29 is 28.2 Å². The van der Waals surface area contributed by atoms with Gasteiger partial charge in [0.1, 0.15) is 36.2 Å². The molecule has 0 saturated carbocycles. The molecular weight excluding hydrogens is 536 g/mol. The summed E-state index contributed by atoms with van der Waals surface area (Å²) in [6.07, 6.45) is -0.410. The van der Waals surface area contributed by atoms with Crippen LogP contribution in [0.1, 0.15) is 26.3 Å². The van der Waals surface area contributed by atoms with Gasteiger partial charge in [0.15, 0.2) is 0 Å². The fraction of sp³-hybridized carbons (Fsp3) is 0.406. The van der Waals surface area contributed by atoms with Crippen LogP contribution in [0.4, 0.5) is 16.2 Å². The second-order valence-corrected chi connectivity index (χ2v) is 16.6. The molecule has 0 spiro atoms. The van der Waals surface area contributed by atoms with Gasteiger partial charge in [0.05, 0.1) is 32.0 Å². The molecule has 0 atom stereocenters. The fourth-order valence-electron chi connectivity index (χ4n) is 4.53. The first-order valence-electron chi connectivity index (χ1n) is 14.2. The van der Waals surface area contributed by atoms with Gasteiger partial charge in [0.2, 0.25) is 8.32 Å². The Bertz CT molecular complexity index is 1360. The molecule has 9 heteroatoms. The smallest absolute Gasteiger partial charge is 0.420 e. The largest absolute Gasteiger partial charge is 0.543 e. The summed E-state index contributed by atoms with van der Waals surface area (Å²) in [5.74, 6) is 2.94. The summed E-state index contributed by atoms with van der Waals surface area (Å²) in [6.45, 7) is 15.3. The van der Waals surface area contributed by atoms with E-state index in [9.17, 15) is 4.79 Å². The van der Waals surface area contributed by atoms with Crippen LogP contribution in [0.15, 0.2) is 66.7 Å². The van der Waals surface area contributed by atoms with Gasteiger partial charge >= 0.3 is 6.09 Å². The highest BCUT2D eigenvalue weighted by Crippen LogP contribution is 2.39. The van der Waals surface area contributed by atoms with E-state index in [2.05, 4.69) is 44.8 Å². The molecule has 0 aliphatic carbocycles. The molecule has 0 saturated heterocycles. The zero-order chi connectivity index (χ0) is 29.0. The molecule has 0 fully saturated rings. The number of benzene rings is 3. The molecule has 0 aromatic heterocycles. The van der Waals surface area contributed by atoms with Crippen LogP contribution in [0.5, 0.6) is 23.0 Å². The lowest BCUT2D eigenvalue weighted by Crippen LogP contribution is -2.44. The number of carbonyl (C=O) groups is 1. The van der Waals surface area contributed by atoms with Gasteiger partial charge in [-0.05, 0) is 66.7 Å². The van der Waals surface area contributed by atoms with Crippen molar-refractivity contribution in [1.82, 2.24) is 0 Å². The number of hydrogen-bond acceptors (Lipinski definition) is 7. The molecule has 2 aliphatic rings. The van der Waals surface area contributed by atoms with Gasteiger partial charge in [-0.15, -0.1) is 0 Å². The molecule has 1 amide bonds. The Hall–Kier alpha value is -3.69. The predicted molar refractivity (Wildman–Crippen MR) is 163 cm³/mol. The average Bonchev–Trinajstić information content (AvgIpc) is 2.94. The number of para-hydroxylation sites is 2. The molecule has 41 heavy (non-hydrogen) atoms. The SMILES string of the molecule is CC(C)(C)[Si](C)(C)Oc1ccc2c(c1)OC(=O)N(c1ccc(OCCOCCN3CCOc4ccccc43)cc1)C2. The Morgan fingerprint density at radius 2 is 1.66 bits per heavy atom. The van der Waals surface area contributed by atoms with Crippen molar-refractivity contribution in [3.63, 3.8) is 0 Å². The minimum absolute atomic E-state index is 0.0792. The number of hydrogen-bond donors (Lipinski definition) is 0. The summed E-state index contributed by atoms with van der Waals surface area (Å²) in [5, 5.41) is 0.0792. The van der Waals surface area contributed by atoms with Gasteiger partial charge in [0.25, 0.3) is 0 Å². The third kappa shape index (κ3) is 6.79. The number of anilines is 2. The maximum atomic E-state index is 12.9. The Balaban J connectivity index is 1.08. The van der Waals surface area contributed by atoms with Crippen LogP contribution in [0.2, 0.25) is 18.1 Å². The minimum Gasteiger partial charge on any atom is -0.543 e. The molecule has 2 aliphatic heterocycles. The van der Waals surface area contributed by atoms with Crippen LogP contribution in [-0.4, -0.2) is 53.9 Å². The zero-order valence-corrected chi connectivity index (χ0v) is 25.6. The van der Waals surface area contributed by atoms with E-state index in [-0.39, 0.29) is 5.04 Å². The quantitative estimate of drug-likeness (QED) is 0.192. The first-order valence-corrected chi connectivity index (χ1v) is 17.1. The summed E-state index contributed by atoms with van der Waals surface area (Å²) < 4.78 is 29.5. The number of ether oxygens (including phenoxy) is 4. The Kier molecular flexibility index (Phi) is 8.47. The molecule has 5 rings (SSSR count). The van der Waals surface area contributed by atoms with Gasteiger partial charge < -0.3 is 28.3 Å². The normalized spacial score (nSPS) is 15.0. The number of nitrogens with zero attached hydrogens (tertiary/aromatic N) is 2. The van der Waals surface area contributed by atoms with Gasteiger partial charge in [-0.25, -0.2) is 4.79 Å². The fourth-order valence-corrected chi connectivity index (χ4v) is 5.55. The van der Waals surface area contributed by atoms with Crippen LogP contribution >= 0.6 is 0 Å². The van der Waals surface area contributed by atoms with E-state index in [1.54, 1.807) is 4.90 Å². The molecule has 0 unspecified atom stereocenters. The standard InChI is InChI=1S/C32H40N2O6Si/c1-32(2,3)41(4,5)40-27-13-10-24-23-34(31(35)39-30(24)22-27)25-11-14-26(15-12-25)37-21-20-36-18-16-33-17-19-38-29-9-7-6-8-28(29)33/h6-15,22H,16-21,23H2,1-5H3. The first kappa shape index (κ1) is 28.8. The average molecular weight is 577 g/mol. The molecule has 2 heterocycles. The van der Waals surface area contributed by atoms with E-state index in [0.717, 1.165) is 47.3 Å². The topological polar surface area (TPSA) is 69.7 Å². The van der Waals surface area contributed by atoms with Crippen LogP contribution in [0.25, 0.3) is 0 Å². The molecule has 0 bridgehead atoms. The van der Waals surface area contributed by atoms with Crippen LogP contribution in [0.3, 0.4) is 0 Å². The van der Waals surface area contributed by atoms with Crippen molar-refractivity contribution in [3.05, 3.63) is 72.3 Å². The van der Waals surface area contributed by atoms with Crippen LogP contribution in [-0.2, 0) is 11.3 Å². The minimum atomic E-state index is -1.99. The maximum absolute atomic E-state index is 12.9. The maximum Gasteiger partial charge on any atom is 0.420 e. The Labute approximate surface area is 243 Å². The lowest BCUT2D eigenvalue weighted by atomic mass is 10.1. The summed E-state index contributed by atoms with van der Waals surface area (Å²) in [4.78, 5) is 16.8. The van der Waals surface area contributed by atoms with E-state index < -0.39 is 14.4 Å². The third-order valence-corrected chi connectivity index (χ3v) is 12.3. The number of carbonyl (C=O) groups excluding carboxylic acids is 1. The monoisotopic (exact) mass is 576 g/mol. The second-order valence-electron chi connectivity index (χ2n) is 11.8. The van der Waals surface area contributed by atoms with E-state index >= 15 is 0 Å². The Morgan fingerprint density at radius 1 is 0.902 bits per heavy atom. The predicted octanol–water partition coefficient (Wildman–Crippen LogP) is 6.88. The molecular formula is C32H40N2O6Si. The number of amides is 1. The molecule has 0 radical (unpaired) electrons. The molecule has 8 nitrogen and oxygen atoms in total. The summed E-state index contributed by atoms with van der Waals surface area (Å²) >= 11 is 0. The van der Waals surface area contributed by atoms with Crippen molar-refractivity contribution in [3.8, 4) is 23.0 Å². The van der Waals surface area contributed by atoms with Crippen LogP contribution in [0, 0.1) is 0 Å². The van der Waals surface area contributed by atoms with E-state index in [1.807, 2.05) is 60.7 Å². The van der Waals surface area contributed by atoms with Crippen LogP contribution < -0.4 is 28.4 Å². The highest BCUT2D eigenvalue weighted by atomic mass is 28.4. The first-order chi connectivity index (χ1) is 19.6. The molecule has 3 aromatic carbocycles. The number of rotatable bonds is 10. The molecule has 0 N–H and O–H groups in total. The Morgan fingerprint density at radius 3 is 2.44 bits per heavy atom. The highest BCUT2D eigenvalue weighted by molar-refractivity contribution is 6.74. The van der Waals surface area contributed by atoms with Crippen molar-refractivity contribution in [2.45, 2.75) is 45.4 Å². The lowest BCUT2D eigenvalue weighted by molar-refractivity contribution is 0.104. The van der Waals surface area contributed by atoms with Crippen molar-refractivity contribution in [1.29, 1.82) is 0 Å².